The van der Waals surface area contributed by atoms with Crippen molar-refractivity contribution in [3.05, 3.63) is 48.0 Å². The van der Waals surface area contributed by atoms with Gasteiger partial charge in [-0.1, -0.05) is 63.3 Å². The van der Waals surface area contributed by atoms with E-state index in [4.69, 9.17) is 0 Å². The van der Waals surface area contributed by atoms with Crippen molar-refractivity contribution in [3.63, 3.8) is 0 Å². The highest BCUT2D eigenvalue weighted by atomic mass is 16.1. The number of carbonyl (C=O) groups is 1. The third-order valence-corrected chi connectivity index (χ3v) is 3.22. The molecule has 0 N–H and O–H groups in total. The molecule has 1 heteroatoms. The van der Waals surface area contributed by atoms with Gasteiger partial charge in [0.1, 0.15) is 5.78 Å². The van der Waals surface area contributed by atoms with E-state index in [1.54, 1.807) is 0 Å². The number of rotatable bonds is 5. The van der Waals surface area contributed by atoms with Gasteiger partial charge in [-0.25, -0.2) is 0 Å². The Hall–Kier alpha value is -1.37. The molecule has 0 aromatic heterocycles. The minimum absolute atomic E-state index is 0.0311. The zero-order valence-electron chi connectivity index (χ0n) is 11.2. The van der Waals surface area contributed by atoms with Crippen LogP contribution in [0.15, 0.2) is 42.5 Å². The third kappa shape index (κ3) is 3.55. The summed E-state index contributed by atoms with van der Waals surface area (Å²) in [4.78, 5) is 12.4. The van der Waals surface area contributed by atoms with E-state index in [0.717, 1.165) is 12.0 Å². The molecule has 1 aromatic carbocycles. The molecule has 1 unspecified atom stereocenters. The Morgan fingerprint density at radius 1 is 1.29 bits per heavy atom. The fourth-order valence-corrected chi connectivity index (χ4v) is 1.99. The van der Waals surface area contributed by atoms with Crippen LogP contribution in [0.2, 0.25) is 0 Å². The Kier molecular flexibility index (Phi) is 4.68. The van der Waals surface area contributed by atoms with Gasteiger partial charge in [-0.2, -0.15) is 0 Å². The standard InChI is InChI=1S/C16H22O/c1-5-6-12-16(3,4)15(17)13(2)14-10-8-7-9-11-14/h5-11,13H,12H2,1-4H3. The molecule has 0 saturated heterocycles. The number of allylic oxidation sites excluding steroid dienone is 2. The topological polar surface area (TPSA) is 17.1 Å². The van der Waals surface area contributed by atoms with Gasteiger partial charge in [0, 0.05) is 11.3 Å². The molecular formula is C16H22O. The summed E-state index contributed by atoms with van der Waals surface area (Å²) in [5.41, 5.74) is 0.813. The van der Waals surface area contributed by atoms with Crippen LogP contribution in [0.4, 0.5) is 0 Å². The molecule has 17 heavy (non-hydrogen) atoms. The highest BCUT2D eigenvalue weighted by molar-refractivity contribution is 5.90. The quantitative estimate of drug-likeness (QED) is 0.687. The first kappa shape index (κ1) is 13.7. The molecule has 0 radical (unpaired) electrons. The van der Waals surface area contributed by atoms with Crippen molar-refractivity contribution < 1.29 is 4.79 Å². The van der Waals surface area contributed by atoms with Gasteiger partial charge in [-0.05, 0) is 18.9 Å². The number of ketones is 1. The molecule has 1 nitrogen and oxygen atoms in total. The Labute approximate surface area is 105 Å². The van der Waals surface area contributed by atoms with Crippen LogP contribution in [-0.4, -0.2) is 5.78 Å². The van der Waals surface area contributed by atoms with Gasteiger partial charge in [-0.3, -0.25) is 4.79 Å². The van der Waals surface area contributed by atoms with Gasteiger partial charge >= 0.3 is 0 Å². The molecule has 1 aromatic rings. The Morgan fingerprint density at radius 2 is 1.88 bits per heavy atom. The van der Waals surface area contributed by atoms with Crippen LogP contribution < -0.4 is 0 Å². The number of hydrogen-bond acceptors (Lipinski definition) is 1. The number of hydrogen-bond donors (Lipinski definition) is 0. The van der Waals surface area contributed by atoms with Crippen molar-refractivity contribution in [3.8, 4) is 0 Å². The van der Waals surface area contributed by atoms with Gasteiger partial charge in [0.05, 0.1) is 0 Å². The van der Waals surface area contributed by atoms with Crippen molar-refractivity contribution in [2.45, 2.75) is 40.0 Å². The fourth-order valence-electron chi connectivity index (χ4n) is 1.99. The Balaban J connectivity index is 2.83. The van der Waals surface area contributed by atoms with Crippen LogP contribution in [-0.2, 0) is 4.79 Å². The lowest BCUT2D eigenvalue weighted by atomic mass is 9.77. The maximum absolute atomic E-state index is 12.4. The van der Waals surface area contributed by atoms with E-state index >= 15 is 0 Å². The predicted octanol–water partition coefficient (Wildman–Crippen LogP) is 4.35. The van der Waals surface area contributed by atoms with Gasteiger partial charge in [-0.15, -0.1) is 0 Å². The summed E-state index contributed by atoms with van der Waals surface area (Å²) in [6.07, 6.45) is 4.87. The maximum Gasteiger partial charge on any atom is 0.145 e. The van der Waals surface area contributed by atoms with Gasteiger partial charge in [0.2, 0.25) is 0 Å². The second-order valence-electron chi connectivity index (χ2n) is 5.15. The highest BCUT2D eigenvalue weighted by Gasteiger charge is 2.30. The number of benzene rings is 1. The lowest BCUT2D eigenvalue weighted by Crippen LogP contribution is -2.28. The van der Waals surface area contributed by atoms with Crippen LogP contribution in [0.1, 0.15) is 45.6 Å². The van der Waals surface area contributed by atoms with E-state index in [0.29, 0.717) is 5.78 Å². The van der Waals surface area contributed by atoms with E-state index in [1.165, 1.54) is 0 Å². The van der Waals surface area contributed by atoms with Crippen LogP contribution in [0.5, 0.6) is 0 Å². The molecule has 0 heterocycles. The first-order valence-corrected chi connectivity index (χ1v) is 6.19. The van der Waals surface area contributed by atoms with Crippen LogP contribution in [0.25, 0.3) is 0 Å². The monoisotopic (exact) mass is 230 g/mol. The van der Waals surface area contributed by atoms with E-state index < -0.39 is 0 Å². The number of carbonyl (C=O) groups excluding carboxylic acids is 1. The number of Topliss-reactive ketones (excluding diaryl/α,β-unsaturated/α-hetero) is 1. The molecule has 0 spiro atoms. The summed E-state index contributed by atoms with van der Waals surface area (Å²) in [6.45, 7) is 8.03. The van der Waals surface area contributed by atoms with E-state index in [9.17, 15) is 4.79 Å². The van der Waals surface area contributed by atoms with Crippen LogP contribution in [0, 0.1) is 5.41 Å². The van der Waals surface area contributed by atoms with Crippen molar-refractivity contribution in [2.75, 3.05) is 0 Å². The largest absolute Gasteiger partial charge is 0.298 e. The van der Waals surface area contributed by atoms with E-state index in [-0.39, 0.29) is 11.3 Å². The average molecular weight is 230 g/mol. The predicted molar refractivity (Wildman–Crippen MR) is 73.1 cm³/mol. The zero-order valence-corrected chi connectivity index (χ0v) is 11.2. The Morgan fingerprint density at radius 3 is 2.41 bits per heavy atom. The molecule has 0 aliphatic carbocycles. The van der Waals surface area contributed by atoms with Gasteiger partial charge in [0.15, 0.2) is 0 Å². The molecule has 0 saturated carbocycles. The maximum atomic E-state index is 12.4. The lowest BCUT2D eigenvalue weighted by molar-refractivity contribution is -0.128. The summed E-state index contributed by atoms with van der Waals surface area (Å²) < 4.78 is 0. The third-order valence-electron chi connectivity index (χ3n) is 3.22. The molecule has 0 amide bonds. The van der Waals surface area contributed by atoms with Crippen molar-refractivity contribution in [1.29, 1.82) is 0 Å². The van der Waals surface area contributed by atoms with E-state index in [1.807, 2.05) is 64.1 Å². The average Bonchev–Trinajstić information content (AvgIpc) is 2.35. The van der Waals surface area contributed by atoms with Gasteiger partial charge < -0.3 is 0 Å². The zero-order chi connectivity index (χ0) is 12.9. The summed E-state index contributed by atoms with van der Waals surface area (Å²) in [5.74, 6) is 0.276. The summed E-state index contributed by atoms with van der Waals surface area (Å²) >= 11 is 0. The van der Waals surface area contributed by atoms with Gasteiger partial charge in [0.25, 0.3) is 0 Å². The summed E-state index contributed by atoms with van der Waals surface area (Å²) in [7, 11) is 0. The second-order valence-corrected chi connectivity index (χ2v) is 5.15. The molecule has 0 bridgehead atoms. The SMILES string of the molecule is CC=CCC(C)(C)C(=O)C(C)c1ccccc1. The smallest absolute Gasteiger partial charge is 0.145 e. The minimum atomic E-state index is -0.290. The highest BCUT2D eigenvalue weighted by Crippen LogP contribution is 2.30. The van der Waals surface area contributed by atoms with E-state index in [2.05, 4.69) is 6.08 Å². The Bertz CT molecular complexity index is 387. The normalized spacial score (nSPS) is 13.9. The summed E-state index contributed by atoms with van der Waals surface area (Å²) in [5, 5.41) is 0. The van der Waals surface area contributed by atoms with Crippen molar-refractivity contribution in [1.82, 2.24) is 0 Å². The van der Waals surface area contributed by atoms with Crippen molar-refractivity contribution in [2.24, 2.45) is 5.41 Å². The molecule has 0 fully saturated rings. The first-order chi connectivity index (χ1) is 7.99. The fraction of sp³-hybridized carbons (Fsp3) is 0.438. The molecule has 0 aliphatic rings. The molecule has 92 valence electrons. The van der Waals surface area contributed by atoms with Crippen LogP contribution >= 0.6 is 0 Å². The second kappa shape index (κ2) is 5.81. The van der Waals surface area contributed by atoms with Crippen LogP contribution in [0.3, 0.4) is 0 Å². The van der Waals surface area contributed by atoms with Crippen molar-refractivity contribution >= 4 is 5.78 Å². The molecule has 1 rings (SSSR count). The molecule has 1 atom stereocenters. The minimum Gasteiger partial charge on any atom is -0.298 e. The molecule has 0 aliphatic heterocycles. The lowest BCUT2D eigenvalue weighted by Gasteiger charge is -2.25. The summed E-state index contributed by atoms with van der Waals surface area (Å²) in [6, 6.07) is 9.99. The first-order valence-electron chi connectivity index (χ1n) is 6.19. The molecular weight excluding hydrogens is 208 g/mol.